The molecule has 0 saturated carbocycles. The van der Waals surface area contributed by atoms with Crippen LogP contribution in [0, 0.1) is 19.7 Å². The highest BCUT2D eigenvalue weighted by molar-refractivity contribution is 6.31. The van der Waals surface area contributed by atoms with Crippen LogP contribution >= 0.6 is 11.6 Å². The van der Waals surface area contributed by atoms with Gasteiger partial charge in [0.15, 0.2) is 5.82 Å². The Hall–Kier alpha value is -3.84. The van der Waals surface area contributed by atoms with E-state index in [9.17, 15) is 9.18 Å². The summed E-state index contributed by atoms with van der Waals surface area (Å²) in [7, 11) is 1.57. The third-order valence-corrected chi connectivity index (χ3v) is 5.89. The van der Waals surface area contributed by atoms with E-state index in [0.717, 1.165) is 22.4 Å². The van der Waals surface area contributed by atoms with Crippen LogP contribution in [0.15, 0.2) is 66.9 Å². The molecule has 8 heteroatoms. The molecule has 1 amide bonds. The van der Waals surface area contributed by atoms with E-state index in [1.54, 1.807) is 49.7 Å². The summed E-state index contributed by atoms with van der Waals surface area (Å²) < 4.78 is 27.0. The monoisotopic (exact) mass is 493 g/mol. The average molecular weight is 494 g/mol. The van der Waals surface area contributed by atoms with E-state index >= 15 is 0 Å². The number of carbonyl (C=O) groups is 1. The average Bonchev–Trinajstić information content (AvgIpc) is 3.28. The number of hydrogen-bond donors (Lipinski definition) is 1. The van der Waals surface area contributed by atoms with Gasteiger partial charge < -0.3 is 14.8 Å². The first kappa shape index (κ1) is 24.3. The number of aryl methyl sites for hydroxylation is 2. The highest BCUT2D eigenvalue weighted by Gasteiger charge is 2.14. The Morgan fingerprint density at radius 2 is 1.91 bits per heavy atom. The number of anilines is 1. The van der Waals surface area contributed by atoms with Crippen LogP contribution in [0.1, 0.15) is 32.6 Å². The smallest absolute Gasteiger partial charge is 0.256 e. The molecular weight excluding hydrogens is 469 g/mol. The molecule has 4 aromatic rings. The summed E-state index contributed by atoms with van der Waals surface area (Å²) in [5.74, 6) is 0.994. The first-order valence-electron chi connectivity index (χ1n) is 11.0. The fraction of sp³-hybridized carbons (Fsp3) is 0.185. The first-order chi connectivity index (χ1) is 16.8. The molecule has 180 valence electrons. The molecule has 1 heterocycles. The van der Waals surface area contributed by atoms with Gasteiger partial charge in [0.2, 0.25) is 0 Å². The maximum atomic E-state index is 14.1. The largest absolute Gasteiger partial charge is 0.496 e. The Bertz CT molecular complexity index is 1350. The van der Waals surface area contributed by atoms with Crippen molar-refractivity contribution in [2.75, 3.05) is 12.4 Å². The lowest BCUT2D eigenvalue weighted by molar-refractivity contribution is 0.102. The maximum Gasteiger partial charge on any atom is 0.256 e. The van der Waals surface area contributed by atoms with Gasteiger partial charge in [0, 0.05) is 34.0 Å². The fourth-order valence-electron chi connectivity index (χ4n) is 3.60. The zero-order chi connectivity index (χ0) is 24.9. The van der Waals surface area contributed by atoms with E-state index in [2.05, 4.69) is 10.4 Å². The van der Waals surface area contributed by atoms with E-state index in [1.165, 1.54) is 10.7 Å². The van der Waals surface area contributed by atoms with Gasteiger partial charge in [0.25, 0.3) is 5.91 Å². The lowest BCUT2D eigenvalue weighted by Crippen LogP contribution is -2.14. The Labute approximate surface area is 208 Å². The summed E-state index contributed by atoms with van der Waals surface area (Å²) in [6, 6.07) is 17.3. The summed E-state index contributed by atoms with van der Waals surface area (Å²) >= 11 is 6.10. The van der Waals surface area contributed by atoms with Crippen LogP contribution in [0.3, 0.4) is 0 Å². The van der Waals surface area contributed by atoms with Crippen LogP contribution < -0.4 is 14.8 Å². The third kappa shape index (κ3) is 5.81. The van der Waals surface area contributed by atoms with E-state index in [4.69, 9.17) is 21.1 Å². The molecule has 3 aromatic carbocycles. The number of nitrogens with zero attached hydrogens (tertiary/aromatic N) is 2. The number of methoxy groups -OCH3 is 1. The lowest BCUT2D eigenvalue weighted by atomic mass is 10.1. The summed E-state index contributed by atoms with van der Waals surface area (Å²) in [6.07, 6.45) is 1.65. The molecule has 0 spiro atoms. The van der Waals surface area contributed by atoms with Crippen LogP contribution in [0.4, 0.5) is 10.2 Å². The molecule has 6 nitrogen and oxygen atoms in total. The predicted molar refractivity (Wildman–Crippen MR) is 134 cm³/mol. The molecule has 0 atom stereocenters. The van der Waals surface area contributed by atoms with Gasteiger partial charge in [-0.1, -0.05) is 29.8 Å². The number of carbonyl (C=O) groups excluding carboxylic acids is 1. The van der Waals surface area contributed by atoms with Gasteiger partial charge in [0.05, 0.1) is 13.7 Å². The topological polar surface area (TPSA) is 65.4 Å². The summed E-state index contributed by atoms with van der Waals surface area (Å²) in [6.45, 7) is 4.37. The van der Waals surface area contributed by atoms with Gasteiger partial charge in [-0.3, -0.25) is 9.48 Å². The molecular formula is C27H25ClFN3O3. The van der Waals surface area contributed by atoms with Crippen LogP contribution in [0.2, 0.25) is 5.02 Å². The van der Waals surface area contributed by atoms with Gasteiger partial charge in [-0.2, -0.15) is 5.10 Å². The number of ether oxygens (including phenoxy) is 2. The quantitative estimate of drug-likeness (QED) is 0.318. The van der Waals surface area contributed by atoms with Crippen molar-refractivity contribution in [1.82, 2.24) is 9.78 Å². The molecule has 0 aliphatic heterocycles. The number of rotatable bonds is 8. The Balaban J connectivity index is 1.46. The van der Waals surface area contributed by atoms with Gasteiger partial charge >= 0.3 is 0 Å². The van der Waals surface area contributed by atoms with E-state index < -0.39 is 5.82 Å². The van der Waals surface area contributed by atoms with Crippen LogP contribution in [-0.2, 0) is 13.2 Å². The van der Waals surface area contributed by atoms with E-state index in [1.807, 2.05) is 32.0 Å². The number of amides is 1. The van der Waals surface area contributed by atoms with Crippen molar-refractivity contribution in [3.63, 3.8) is 0 Å². The molecule has 0 radical (unpaired) electrons. The fourth-order valence-corrected chi connectivity index (χ4v) is 3.82. The standard InChI is InChI=1S/C27H25ClFN3O3/c1-17-7-8-18(2)25(13-17)35-16-20-14-19(9-10-24(20)34-3)27(33)30-26-11-12-32(31-26)15-21-22(28)5-4-6-23(21)29/h4-14H,15-16H2,1-3H3,(H,30,31,33). The highest BCUT2D eigenvalue weighted by Crippen LogP contribution is 2.25. The van der Waals surface area contributed by atoms with Crippen molar-refractivity contribution in [3.05, 3.63) is 106 Å². The van der Waals surface area contributed by atoms with Crippen LogP contribution in [0.5, 0.6) is 11.5 Å². The molecule has 1 N–H and O–H groups in total. The van der Waals surface area contributed by atoms with Gasteiger partial charge in [-0.25, -0.2) is 4.39 Å². The second-order valence-electron chi connectivity index (χ2n) is 8.14. The van der Waals surface area contributed by atoms with Crippen molar-refractivity contribution in [3.8, 4) is 11.5 Å². The normalized spacial score (nSPS) is 10.8. The van der Waals surface area contributed by atoms with Crippen molar-refractivity contribution < 1.29 is 18.7 Å². The zero-order valence-electron chi connectivity index (χ0n) is 19.6. The van der Waals surface area contributed by atoms with Crippen molar-refractivity contribution in [1.29, 1.82) is 0 Å². The van der Waals surface area contributed by atoms with Gasteiger partial charge in [-0.05, 0) is 61.4 Å². The van der Waals surface area contributed by atoms with E-state index in [0.29, 0.717) is 27.7 Å². The summed E-state index contributed by atoms with van der Waals surface area (Å²) in [5.41, 5.74) is 3.62. The SMILES string of the molecule is COc1ccc(C(=O)Nc2ccn(Cc3c(F)cccc3Cl)n2)cc1COc1cc(C)ccc1C. The first-order valence-corrected chi connectivity index (χ1v) is 11.4. The molecule has 0 unspecified atom stereocenters. The molecule has 0 aliphatic carbocycles. The second-order valence-corrected chi connectivity index (χ2v) is 8.54. The Morgan fingerprint density at radius 1 is 1.09 bits per heavy atom. The third-order valence-electron chi connectivity index (χ3n) is 5.53. The van der Waals surface area contributed by atoms with Gasteiger partial charge in [0.1, 0.15) is 23.9 Å². The molecule has 4 rings (SSSR count). The number of benzene rings is 3. The second kappa shape index (κ2) is 10.6. The molecule has 35 heavy (non-hydrogen) atoms. The lowest BCUT2D eigenvalue weighted by Gasteiger charge is -2.14. The van der Waals surface area contributed by atoms with Crippen LogP contribution in [0.25, 0.3) is 0 Å². The summed E-state index contributed by atoms with van der Waals surface area (Å²) in [4.78, 5) is 12.9. The number of nitrogens with one attached hydrogen (secondary N) is 1. The molecule has 0 bridgehead atoms. The van der Waals surface area contributed by atoms with E-state index in [-0.39, 0.29) is 19.1 Å². The highest BCUT2D eigenvalue weighted by atomic mass is 35.5. The van der Waals surface area contributed by atoms with Crippen LogP contribution in [-0.4, -0.2) is 22.8 Å². The molecule has 1 aromatic heterocycles. The molecule has 0 saturated heterocycles. The summed E-state index contributed by atoms with van der Waals surface area (Å²) in [5, 5.41) is 7.40. The molecule has 0 aliphatic rings. The minimum Gasteiger partial charge on any atom is -0.496 e. The van der Waals surface area contributed by atoms with Crippen molar-refractivity contribution >= 4 is 23.3 Å². The van der Waals surface area contributed by atoms with Crippen molar-refractivity contribution in [2.45, 2.75) is 27.0 Å². The van der Waals surface area contributed by atoms with Gasteiger partial charge in [-0.15, -0.1) is 0 Å². The number of hydrogen-bond acceptors (Lipinski definition) is 4. The zero-order valence-corrected chi connectivity index (χ0v) is 20.4. The Morgan fingerprint density at radius 3 is 2.69 bits per heavy atom. The maximum absolute atomic E-state index is 14.1. The minimum absolute atomic E-state index is 0.143. The predicted octanol–water partition coefficient (Wildman–Crippen LogP) is 6.18. The Kier molecular flexibility index (Phi) is 7.36. The minimum atomic E-state index is -0.410. The number of aromatic nitrogens is 2. The molecule has 0 fully saturated rings. The number of halogens is 2. The van der Waals surface area contributed by atoms with Crippen molar-refractivity contribution in [2.24, 2.45) is 0 Å².